The third-order valence-corrected chi connectivity index (χ3v) is 0.626. The van der Waals surface area contributed by atoms with Gasteiger partial charge in [0.15, 0.2) is 5.57 Å². The Morgan fingerprint density at radius 2 is 1.70 bits per heavy atom. The zero-order valence-electron chi connectivity index (χ0n) is 4.38. The van der Waals surface area contributed by atoms with Crippen molar-refractivity contribution in [1.29, 1.82) is 0 Å². The van der Waals surface area contributed by atoms with Crippen molar-refractivity contribution >= 4 is 6.04 Å². The highest BCUT2D eigenvalue weighted by Gasteiger charge is 2.39. The first kappa shape index (κ1) is 9.06. The van der Waals surface area contributed by atoms with E-state index in [1.54, 1.807) is 0 Å². The number of carbonyl (C=O) groups is 1. The molecule has 0 rings (SSSR count). The molecule has 0 heterocycles. The first-order chi connectivity index (χ1) is 4.39. The number of hydrogen-bond donors (Lipinski definition) is 0. The first-order valence-corrected chi connectivity index (χ1v) is 1.97. The molecule has 0 bridgehead atoms. The lowest BCUT2D eigenvalue weighted by molar-refractivity contribution is -0.138. The first-order valence-electron chi connectivity index (χ1n) is 1.97. The van der Waals surface area contributed by atoms with Crippen molar-refractivity contribution < 1.29 is 26.7 Å². The molecule has 0 saturated heterocycles. The maximum absolute atomic E-state index is 11.2. The van der Waals surface area contributed by atoms with E-state index in [1.165, 1.54) is 0 Å². The van der Waals surface area contributed by atoms with Gasteiger partial charge in [0.05, 0.1) is 0 Å². The summed E-state index contributed by atoms with van der Waals surface area (Å²) in [5.74, 6) is 0. The third kappa shape index (κ3) is 2.12. The average Bonchev–Trinajstić information content (AvgIpc) is 1.60. The summed E-state index contributed by atoms with van der Waals surface area (Å²) in [5.41, 5.74) is -2.42. The smallest absolute Gasteiger partial charge is 0.255 e. The van der Waals surface area contributed by atoms with Gasteiger partial charge in [-0.15, -0.1) is 0 Å². The summed E-state index contributed by atoms with van der Waals surface area (Å²) >= 11 is 0. The summed E-state index contributed by atoms with van der Waals surface area (Å²) in [6, 6.07) is -2.82. The second kappa shape index (κ2) is 2.76. The van der Waals surface area contributed by atoms with Crippen LogP contribution in [0.25, 0.3) is 0 Å². The molecule has 0 aromatic rings. The van der Waals surface area contributed by atoms with Crippen molar-refractivity contribution in [2.45, 2.75) is 6.18 Å². The molecule has 0 N–H and O–H groups in total. The number of hydrogen-bond acceptors (Lipinski definition) is 1. The predicted molar refractivity (Wildman–Crippen MR) is 21.4 cm³/mol. The summed E-state index contributed by atoms with van der Waals surface area (Å²) in [6.07, 6.45) is -6.36. The Bertz CT molecular complexity index is 167. The van der Waals surface area contributed by atoms with E-state index in [0.29, 0.717) is 0 Å². The molecule has 1 nitrogen and oxygen atoms in total. The SMILES string of the molecule is O=C(F)/C(=C/F)C(F)(F)F. The van der Waals surface area contributed by atoms with Crippen molar-refractivity contribution in [3.05, 3.63) is 11.9 Å². The van der Waals surface area contributed by atoms with E-state index in [0.717, 1.165) is 0 Å². The summed E-state index contributed by atoms with van der Waals surface area (Å²) in [6.45, 7) is 0. The summed E-state index contributed by atoms with van der Waals surface area (Å²) in [7, 11) is 0. The van der Waals surface area contributed by atoms with E-state index < -0.39 is 24.1 Å². The molecule has 0 aliphatic heterocycles. The molecule has 0 amide bonds. The number of carbonyl (C=O) groups excluding carboxylic acids is 1. The quantitative estimate of drug-likeness (QED) is 0.325. The molecular formula is C4HF5O. The fourth-order valence-electron chi connectivity index (χ4n) is 0.216. The monoisotopic (exact) mass is 160 g/mol. The summed E-state index contributed by atoms with van der Waals surface area (Å²) < 4.78 is 55.9. The van der Waals surface area contributed by atoms with Crippen LogP contribution >= 0.6 is 0 Å². The van der Waals surface area contributed by atoms with Crippen LogP contribution in [0.5, 0.6) is 0 Å². The highest BCUT2D eigenvalue weighted by atomic mass is 19.4. The number of halogens is 5. The molecule has 0 unspecified atom stereocenters. The molecule has 0 spiro atoms. The van der Waals surface area contributed by atoms with Crippen LogP contribution in [0.4, 0.5) is 22.0 Å². The van der Waals surface area contributed by atoms with E-state index in [9.17, 15) is 26.7 Å². The lowest BCUT2D eigenvalue weighted by Gasteiger charge is -2.02. The molecule has 0 aliphatic rings. The molecule has 0 fully saturated rings. The van der Waals surface area contributed by atoms with Gasteiger partial charge in [0.25, 0.3) is 0 Å². The van der Waals surface area contributed by atoms with Gasteiger partial charge >= 0.3 is 12.2 Å². The van der Waals surface area contributed by atoms with Gasteiger partial charge in [0.1, 0.15) is 6.33 Å². The zero-order valence-corrected chi connectivity index (χ0v) is 4.38. The van der Waals surface area contributed by atoms with Crippen molar-refractivity contribution in [2.24, 2.45) is 0 Å². The Morgan fingerprint density at radius 3 is 1.70 bits per heavy atom. The molecule has 0 saturated carbocycles. The van der Waals surface area contributed by atoms with Crippen molar-refractivity contribution in [1.82, 2.24) is 0 Å². The van der Waals surface area contributed by atoms with Crippen molar-refractivity contribution in [2.75, 3.05) is 0 Å². The van der Waals surface area contributed by atoms with E-state index in [1.807, 2.05) is 0 Å². The minimum absolute atomic E-state index is 1.11. The van der Waals surface area contributed by atoms with Crippen LogP contribution in [0, 0.1) is 0 Å². The van der Waals surface area contributed by atoms with E-state index in [2.05, 4.69) is 0 Å². The van der Waals surface area contributed by atoms with Gasteiger partial charge in [0, 0.05) is 0 Å². The molecule has 0 aromatic carbocycles. The highest BCUT2D eigenvalue weighted by molar-refractivity contribution is 5.88. The second-order valence-corrected chi connectivity index (χ2v) is 1.29. The van der Waals surface area contributed by atoms with E-state index in [4.69, 9.17) is 0 Å². The predicted octanol–water partition coefficient (Wildman–Crippen LogP) is 1.90. The largest absolute Gasteiger partial charge is 0.424 e. The van der Waals surface area contributed by atoms with Crippen molar-refractivity contribution in [3.8, 4) is 0 Å². The third-order valence-electron chi connectivity index (χ3n) is 0.626. The lowest BCUT2D eigenvalue weighted by atomic mass is 10.3. The van der Waals surface area contributed by atoms with Crippen LogP contribution < -0.4 is 0 Å². The van der Waals surface area contributed by atoms with Gasteiger partial charge in [-0.25, -0.2) is 4.39 Å². The Morgan fingerprint density at radius 1 is 1.30 bits per heavy atom. The topological polar surface area (TPSA) is 17.1 Å². The maximum Gasteiger partial charge on any atom is 0.424 e. The van der Waals surface area contributed by atoms with E-state index in [-0.39, 0.29) is 0 Å². The van der Waals surface area contributed by atoms with Crippen LogP contribution in [0.15, 0.2) is 11.9 Å². The van der Waals surface area contributed by atoms with Gasteiger partial charge in [-0.2, -0.15) is 17.6 Å². The fourth-order valence-corrected chi connectivity index (χ4v) is 0.216. The summed E-state index contributed by atoms with van der Waals surface area (Å²) in [5, 5.41) is 0. The minimum Gasteiger partial charge on any atom is -0.255 e. The van der Waals surface area contributed by atoms with Crippen molar-refractivity contribution in [3.63, 3.8) is 0 Å². The lowest BCUT2D eigenvalue weighted by Crippen LogP contribution is -2.16. The van der Waals surface area contributed by atoms with Crippen LogP contribution in [-0.2, 0) is 4.79 Å². The zero-order chi connectivity index (χ0) is 8.36. The average molecular weight is 160 g/mol. The van der Waals surface area contributed by atoms with Gasteiger partial charge in [-0.3, -0.25) is 4.79 Å². The van der Waals surface area contributed by atoms with Gasteiger partial charge in [-0.1, -0.05) is 0 Å². The normalized spacial score (nSPS) is 13.5. The molecule has 0 atom stereocenters. The van der Waals surface area contributed by atoms with Gasteiger partial charge < -0.3 is 0 Å². The molecule has 0 aromatic heterocycles. The Hall–Kier alpha value is -0.940. The Balaban J connectivity index is 4.56. The number of alkyl halides is 3. The number of allylic oxidation sites excluding steroid dienone is 1. The highest BCUT2D eigenvalue weighted by Crippen LogP contribution is 2.26. The van der Waals surface area contributed by atoms with Crippen LogP contribution in [0.3, 0.4) is 0 Å². The van der Waals surface area contributed by atoms with E-state index >= 15 is 0 Å². The van der Waals surface area contributed by atoms with Gasteiger partial charge in [0.2, 0.25) is 0 Å². The van der Waals surface area contributed by atoms with Crippen LogP contribution in [-0.4, -0.2) is 12.2 Å². The van der Waals surface area contributed by atoms with Crippen LogP contribution in [0.1, 0.15) is 0 Å². The number of rotatable bonds is 1. The molecule has 10 heavy (non-hydrogen) atoms. The maximum atomic E-state index is 11.2. The standard InChI is InChI=1S/C4HF5O/c5-1-2(3(6)10)4(7,8)9/h1H/b2-1-. The minimum atomic E-state index is -5.25. The Labute approximate surface area is 52.1 Å². The summed E-state index contributed by atoms with van der Waals surface area (Å²) in [4.78, 5) is 9.33. The van der Waals surface area contributed by atoms with Crippen LogP contribution in [0.2, 0.25) is 0 Å². The molecule has 6 heteroatoms. The second-order valence-electron chi connectivity index (χ2n) is 1.29. The molecular weight excluding hydrogens is 159 g/mol. The molecule has 0 aliphatic carbocycles. The molecule has 58 valence electrons. The fraction of sp³-hybridized carbons (Fsp3) is 0.250. The van der Waals surface area contributed by atoms with Gasteiger partial charge in [-0.05, 0) is 0 Å². The Kier molecular flexibility index (Phi) is 2.50. The molecule has 0 radical (unpaired) electrons.